The lowest BCUT2D eigenvalue weighted by Gasteiger charge is -2.39. The first-order valence-corrected chi connectivity index (χ1v) is 8.84. The van der Waals surface area contributed by atoms with Crippen LogP contribution in [0.5, 0.6) is 0 Å². The van der Waals surface area contributed by atoms with Gasteiger partial charge in [0.25, 0.3) is 0 Å². The van der Waals surface area contributed by atoms with Crippen molar-refractivity contribution in [3.63, 3.8) is 0 Å². The van der Waals surface area contributed by atoms with Gasteiger partial charge in [-0.25, -0.2) is 0 Å². The van der Waals surface area contributed by atoms with Crippen LogP contribution in [0.3, 0.4) is 0 Å². The number of aliphatic hydroxyl groups excluding tert-OH is 1. The predicted octanol–water partition coefficient (Wildman–Crippen LogP) is 3.61. The summed E-state index contributed by atoms with van der Waals surface area (Å²) < 4.78 is 18.4. The molecular formula is C16H22ClIO4. The maximum Gasteiger partial charge on any atom is 0.160 e. The zero-order valence-corrected chi connectivity index (χ0v) is 15.9. The molecule has 124 valence electrons. The van der Waals surface area contributed by atoms with E-state index in [1.807, 2.05) is 32.0 Å². The maximum atomic E-state index is 9.94. The minimum absolute atomic E-state index is 0.234. The summed E-state index contributed by atoms with van der Waals surface area (Å²) in [5.74, 6) is 0.234. The normalized spacial score (nSPS) is 27.1. The molecule has 22 heavy (non-hydrogen) atoms. The first-order valence-electron chi connectivity index (χ1n) is 7.39. The van der Waals surface area contributed by atoms with Crippen molar-refractivity contribution in [3.05, 3.63) is 32.4 Å². The van der Waals surface area contributed by atoms with Gasteiger partial charge in [0.2, 0.25) is 0 Å². The van der Waals surface area contributed by atoms with Gasteiger partial charge in [-0.15, -0.1) is 0 Å². The van der Waals surface area contributed by atoms with Crippen LogP contribution in [0.4, 0.5) is 0 Å². The largest absolute Gasteiger partial charge is 0.391 e. The summed E-state index contributed by atoms with van der Waals surface area (Å²) in [5, 5.41) is 10.7. The monoisotopic (exact) mass is 440 g/mol. The molecule has 1 aromatic rings. The average Bonchev–Trinajstić information content (AvgIpc) is 2.48. The van der Waals surface area contributed by atoms with Gasteiger partial charge >= 0.3 is 0 Å². The average molecular weight is 441 g/mol. The van der Waals surface area contributed by atoms with Crippen LogP contribution < -0.4 is 0 Å². The predicted molar refractivity (Wildman–Crippen MR) is 93.9 cm³/mol. The molecule has 1 aliphatic rings. The smallest absolute Gasteiger partial charge is 0.160 e. The Hall–Kier alpha value is 0.0800. The summed E-state index contributed by atoms with van der Waals surface area (Å²) in [7, 11) is 0. The van der Waals surface area contributed by atoms with Crippen molar-refractivity contribution in [1.82, 2.24) is 0 Å². The fourth-order valence-corrected chi connectivity index (χ4v) is 2.85. The summed E-state index contributed by atoms with van der Waals surface area (Å²) in [6.07, 6.45) is -1.60. The number of aliphatic hydroxyl groups is 1. The van der Waals surface area contributed by atoms with Gasteiger partial charge in [0, 0.05) is 9.49 Å². The van der Waals surface area contributed by atoms with Crippen LogP contribution in [0.15, 0.2) is 18.2 Å². The molecule has 1 unspecified atom stereocenters. The molecule has 0 bridgehead atoms. The lowest BCUT2D eigenvalue weighted by molar-refractivity contribution is -0.291. The third kappa shape index (κ3) is 4.79. The Bertz CT molecular complexity index is 495. The minimum Gasteiger partial charge on any atom is -0.391 e. The molecule has 1 aromatic carbocycles. The zero-order chi connectivity index (χ0) is 16.3. The van der Waals surface area contributed by atoms with Crippen molar-refractivity contribution in [2.75, 3.05) is 6.61 Å². The second kappa shape index (κ2) is 8.26. The molecule has 6 heteroatoms. The molecule has 4 nitrogen and oxygen atoms in total. The summed E-state index contributed by atoms with van der Waals surface area (Å²) in [5.41, 5.74) is 0.987. The molecule has 0 aliphatic carbocycles. The van der Waals surface area contributed by atoms with E-state index in [0.717, 1.165) is 9.13 Å². The minimum atomic E-state index is -0.615. The fourth-order valence-electron chi connectivity index (χ4n) is 2.32. The van der Waals surface area contributed by atoms with Crippen molar-refractivity contribution in [1.29, 1.82) is 0 Å². The first kappa shape index (κ1) is 18.4. The van der Waals surface area contributed by atoms with Gasteiger partial charge < -0.3 is 19.3 Å². The first-order chi connectivity index (χ1) is 10.4. The third-order valence-corrected chi connectivity index (χ3v) is 5.12. The van der Waals surface area contributed by atoms with E-state index >= 15 is 0 Å². The summed E-state index contributed by atoms with van der Waals surface area (Å²) in [4.78, 5) is 0. The summed E-state index contributed by atoms with van der Waals surface area (Å²) in [6.45, 7) is 6.59. The highest BCUT2D eigenvalue weighted by atomic mass is 127. The Morgan fingerprint density at radius 2 is 2.14 bits per heavy atom. The summed E-state index contributed by atoms with van der Waals surface area (Å²) in [6, 6.07) is 5.82. The highest BCUT2D eigenvalue weighted by Crippen LogP contribution is 2.25. The highest BCUT2D eigenvalue weighted by Gasteiger charge is 2.36. The molecule has 0 amide bonds. The van der Waals surface area contributed by atoms with E-state index in [1.165, 1.54) is 0 Å². The van der Waals surface area contributed by atoms with Crippen LogP contribution in [-0.4, -0.2) is 36.3 Å². The van der Waals surface area contributed by atoms with E-state index in [0.29, 0.717) is 18.2 Å². The molecule has 2 rings (SSSR count). The van der Waals surface area contributed by atoms with Crippen LogP contribution in [0.1, 0.15) is 26.3 Å². The van der Waals surface area contributed by atoms with Crippen molar-refractivity contribution >= 4 is 34.2 Å². The Balaban J connectivity index is 1.97. The number of benzene rings is 1. The Morgan fingerprint density at radius 1 is 1.41 bits per heavy atom. The molecule has 0 spiro atoms. The molecular weight excluding hydrogens is 419 g/mol. The van der Waals surface area contributed by atoms with E-state index in [1.54, 1.807) is 6.92 Å². The quantitative estimate of drug-likeness (QED) is 0.711. The fraction of sp³-hybridized carbons (Fsp3) is 0.625. The number of rotatable bonds is 5. The van der Waals surface area contributed by atoms with Crippen molar-refractivity contribution in [2.24, 2.45) is 5.92 Å². The van der Waals surface area contributed by atoms with Crippen LogP contribution in [0.2, 0.25) is 5.02 Å². The van der Waals surface area contributed by atoms with Crippen molar-refractivity contribution < 1.29 is 19.3 Å². The van der Waals surface area contributed by atoms with Crippen molar-refractivity contribution in [2.45, 2.75) is 52.0 Å². The second-order valence-corrected chi connectivity index (χ2v) is 7.45. The molecule has 1 saturated heterocycles. The third-order valence-electron chi connectivity index (χ3n) is 3.55. The van der Waals surface area contributed by atoms with Gasteiger partial charge in [0.1, 0.15) is 12.2 Å². The number of hydrogen-bond acceptors (Lipinski definition) is 4. The van der Waals surface area contributed by atoms with Gasteiger partial charge in [-0.1, -0.05) is 31.5 Å². The van der Waals surface area contributed by atoms with Crippen LogP contribution in [-0.2, 0) is 20.8 Å². The highest BCUT2D eigenvalue weighted by molar-refractivity contribution is 14.1. The molecule has 1 aliphatic heterocycles. The van der Waals surface area contributed by atoms with E-state index in [-0.39, 0.29) is 24.4 Å². The molecule has 1 fully saturated rings. The van der Waals surface area contributed by atoms with Crippen LogP contribution in [0, 0.1) is 9.49 Å². The Kier molecular flexibility index (Phi) is 6.91. The lowest BCUT2D eigenvalue weighted by Crippen LogP contribution is -2.51. The van der Waals surface area contributed by atoms with Gasteiger partial charge in [0.15, 0.2) is 6.29 Å². The van der Waals surface area contributed by atoms with Crippen LogP contribution in [0.25, 0.3) is 0 Å². The van der Waals surface area contributed by atoms with Crippen LogP contribution >= 0.6 is 34.2 Å². The van der Waals surface area contributed by atoms with E-state index in [2.05, 4.69) is 22.6 Å². The molecule has 1 N–H and O–H groups in total. The number of halogens is 2. The van der Waals surface area contributed by atoms with Gasteiger partial charge in [-0.2, -0.15) is 0 Å². The van der Waals surface area contributed by atoms with Gasteiger partial charge in [0.05, 0.1) is 24.3 Å². The standard InChI is InChI=1S/C16H22ClIO4/c1-9(2)16-21-8-14(15(22-16)10(3)19)20-7-11-4-5-13(18)12(17)6-11/h4-6,9-10,14-16,19H,7-8H2,1-3H3/t10?,14-,15-,16+/m1/s1. The van der Waals surface area contributed by atoms with Crippen molar-refractivity contribution in [3.8, 4) is 0 Å². The lowest BCUT2D eigenvalue weighted by atomic mass is 10.1. The SMILES string of the molecule is CC(C)[C@H]1OC[C@@H](OCc2ccc(I)c(Cl)c2)[C@@H](C(C)O)O1. The molecule has 0 saturated carbocycles. The Morgan fingerprint density at radius 3 is 2.73 bits per heavy atom. The topological polar surface area (TPSA) is 47.9 Å². The number of ether oxygens (including phenoxy) is 3. The Labute approximate surface area is 150 Å². The molecule has 1 heterocycles. The second-order valence-electron chi connectivity index (χ2n) is 5.88. The molecule has 0 aromatic heterocycles. The molecule has 4 atom stereocenters. The van der Waals surface area contributed by atoms with E-state index < -0.39 is 6.10 Å². The maximum absolute atomic E-state index is 9.94. The molecule has 0 radical (unpaired) electrons. The summed E-state index contributed by atoms with van der Waals surface area (Å²) >= 11 is 8.30. The zero-order valence-electron chi connectivity index (χ0n) is 13.0. The van der Waals surface area contributed by atoms with Gasteiger partial charge in [-0.3, -0.25) is 0 Å². The number of hydrogen-bond donors (Lipinski definition) is 1. The van der Waals surface area contributed by atoms with E-state index in [4.69, 9.17) is 25.8 Å². The van der Waals surface area contributed by atoms with Gasteiger partial charge in [-0.05, 0) is 47.2 Å². The van der Waals surface area contributed by atoms with E-state index in [9.17, 15) is 5.11 Å².